The number of halogens is 1. The van der Waals surface area contributed by atoms with E-state index in [1.807, 2.05) is 6.92 Å². The summed E-state index contributed by atoms with van der Waals surface area (Å²) in [7, 11) is 0. The van der Waals surface area contributed by atoms with Crippen LogP contribution in [0.1, 0.15) is 58.5 Å². The lowest BCUT2D eigenvalue weighted by Gasteiger charge is -2.34. The fourth-order valence-corrected chi connectivity index (χ4v) is 3.79. The second kappa shape index (κ2) is 10.5. The summed E-state index contributed by atoms with van der Waals surface area (Å²) in [5.41, 5.74) is 1.28. The summed E-state index contributed by atoms with van der Waals surface area (Å²) in [5, 5.41) is 5.54. The third-order valence-electron chi connectivity index (χ3n) is 5.20. The highest BCUT2D eigenvalue weighted by Gasteiger charge is 2.36. The molecule has 1 fully saturated rings. The molecule has 3 N–H and O–H groups in total. The molecular formula is C22H26ClN5O5. The van der Waals surface area contributed by atoms with Gasteiger partial charge in [-0.1, -0.05) is 11.6 Å². The molecule has 1 aromatic heterocycles. The number of aryl methyl sites for hydroxylation is 1. The Kier molecular flexibility index (Phi) is 7.70. The summed E-state index contributed by atoms with van der Waals surface area (Å²) in [5.74, 6) is -1.27. The number of aromatic amines is 1. The number of piperazine rings is 1. The maximum Gasteiger partial charge on any atom is 0.308 e. The number of hydrogen-bond acceptors (Lipinski definition) is 6. The van der Waals surface area contributed by atoms with E-state index in [4.69, 9.17) is 16.3 Å². The van der Waals surface area contributed by atoms with Gasteiger partial charge in [0.25, 0.3) is 11.8 Å². The third-order valence-corrected chi connectivity index (χ3v) is 5.51. The lowest BCUT2D eigenvalue weighted by Crippen LogP contribution is -2.57. The first-order chi connectivity index (χ1) is 15.7. The first kappa shape index (κ1) is 24.2. The SMILES string of the molecule is CCOC(=O)CC1C(=O)NCCN1C(=O)c1ccc(C(=O)NC(C)c2ncc(C)[nH]2)cc1Cl. The molecule has 10 nitrogen and oxygen atoms in total. The highest BCUT2D eigenvalue weighted by molar-refractivity contribution is 6.34. The van der Waals surface area contributed by atoms with Gasteiger partial charge in [0.15, 0.2) is 0 Å². The molecular weight excluding hydrogens is 450 g/mol. The predicted octanol–water partition coefficient (Wildman–Crippen LogP) is 1.76. The minimum Gasteiger partial charge on any atom is -0.466 e. The molecule has 1 saturated heterocycles. The molecule has 1 aliphatic heterocycles. The van der Waals surface area contributed by atoms with E-state index < -0.39 is 23.8 Å². The van der Waals surface area contributed by atoms with Crippen LogP contribution >= 0.6 is 11.6 Å². The van der Waals surface area contributed by atoms with E-state index in [1.54, 1.807) is 20.0 Å². The highest BCUT2D eigenvalue weighted by Crippen LogP contribution is 2.23. The Morgan fingerprint density at radius 1 is 1.36 bits per heavy atom. The summed E-state index contributed by atoms with van der Waals surface area (Å²) >= 11 is 6.35. The number of amides is 3. The largest absolute Gasteiger partial charge is 0.466 e. The Balaban J connectivity index is 1.74. The van der Waals surface area contributed by atoms with E-state index in [1.165, 1.54) is 23.1 Å². The van der Waals surface area contributed by atoms with Crippen LogP contribution in [0.2, 0.25) is 5.02 Å². The number of H-pyrrole nitrogens is 1. The molecule has 0 saturated carbocycles. The van der Waals surface area contributed by atoms with Crippen molar-refractivity contribution >= 4 is 35.3 Å². The third kappa shape index (κ3) is 5.70. The molecule has 2 heterocycles. The van der Waals surface area contributed by atoms with Crippen molar-refractivity contribution < 1.29 is 23.9 Å². The molecule has 0 spiro atoms. The Morgan fingerprint density at radius 2 is 2.12 bits per heavy atom. The van der Waals surface area contributed by atoms with Gasteiger partial charge in [-0.2, -0.15) is 0 Å². The highest BCUT2D eigenvalue weighted by atomic mass is 35.5. The summed E-state index contributed by atoms with van der Waals surface area (Å²) in [6.45, 7) is 5.97. The number of aromatic nitrogens is 2. The van der Waals surface area contributed by atoms with Gasteiger partial charge in [0.05, 0.1) is 29.7 Å². The molecule has 2 unspecified atom stereocenters. The molecule has 2 aromatic rings. The Hall–Kier alpha value is -3.40. The van der Waals surface area contributed by atoms with Crippen LogP contribution in [0.5, 0.6) is 0 Å². The first-order valence-electron chi connectivity index (χ1n) is 10.6. The number of carbonyl (C=O) groups is 4. The van der Waals surface area contributed by atoms with Crippen molar-refractivity contribution in [3.8, 4) is 0 Å². The van der Waals surface area contributed by atoms with E-state index in [-0.39, 0.29) is 54.2 Å². The smallest absolute Gasteiger partial charge is 0.308 e. The van der Waals surface area contributed by atoms with Crippen molar-refractivity contribution in [2.75, 3.05) is 19.7 Å². The number of rotatable bonds is 7. The summed E-state index contributed by atoms with van der Waals surface area (Å²) in [6.07, 6.45) is 1.42. The number of hydrogen-bond donors (Lipinski definition) is 3. The van der Waals surface area contributed by atoms with Gasteiger partial charge in [0.1, 0.15) is 11.9 Å². The molecule has 11 heteroatoms. The summed E-state index contributed by atoms with van der Waals surface area (Å²) in [6, 6.07) is 2.96. The molecule has 33 heavy (non-hydrogen) atoms. The number of carbonyl (C=O) groups excluding carboxylic acids is 4. The van der Waals surface area contributed by atoms with Gasteiger partial charge in [0.2, 0.25) is 5.91 Å². The number of nitrogens with zero attached hydrogens (tertiary/aromatic N) is 2. The van der Waals surface area contributed by atoms with Gasteiger partial charge in [-0.15, -0.1) is 0 Å². The second-order valence-electron chi connectivity index (χ2n) is 7.66. The van der Waals surface area contributed by atoms with Crippen LogP contribution in [-0.2, 0) is 14.3 Å². The van der Waals surface area contributed by atoms with E-state index in [0.717, 1.165) is 5.69 Å². The zero-order valence-electron chi connectivity index (χ0n) is 18.6. The van der Waals surface area contributed by atoms with E-state index in [2.05, 4.69) is 20.6 Å². The predicted molar refractivity (Wildman–Crippen MR) is 120 cm³/mol. The van der Waals surface area contributed by atoms with Crippen LogP contribution in [0.25, 0.3) is 0 Å². The topological polar surface area (TPSA) is 133 Å². The monoisotopic (exact) mass is 475 g/mol. The van der Waals surface area contributed by atoms with Gasteiger partial charge in [0, 0.05) is 30.5 Å². The van der Waals surface area contributed by atoms with Crippen LogP contribution in [0.4, 0.5) is 0 Å². The van der Waals surface area contributed by atoms with Gasteiger partial charge in [-0.05, 0) is 39.0 Å². The fraction of sp³-hybridized carbons (Fsp3) is 0.409. The van der Waals surface area contributed by atoms with Crippen LogP contribution in [0.3, 0.4) is 0 Å². The molecule has 3 amide bonds. The zero-order valence-corrected chi connectivity index (χ0v) is 19.4. The molecule has 0 bridgehead atoms. The molecule has 176 valence electrons. The second-order valence-corrected chi connectivity index (χ2v) is 8.06. The molecule has 2 atom stereocenters. The Labute approximate surface area is 196 Å². The minimum absolute atomic E-state index is 0.0648. The standard InChI is InChI=1S/C22H26ClN5O5/c1-4-33-18(29)10-17-21(31)24-7-8-28(17)22(32)15-6-5-14(9-16(15)23)20(30)27-13(3)19-25-11-12(2)26-19/h5-6,9,11,13,17H,4,7-8,10H2,1-3H3,(H,24,31)(H,25,26)(H,27,30). The van der Waals surface area contributed by atoms with Crippen molar-refractivity contribution in [3.63, 3.8) is 0 Å². The maximum atomic E-state index is 13.2. The van der Waals surface area contributed by atoms with E-state index in [9.17, 15) is 19.2 Å². The van der Waals surface area contributed by atoms with E-state index >= 15 is 0 Å². The average Bonchev–Trinajstić information content (AvgIpc) is 3.21. The van der Waals surface area contributed by atoms with Crippen LogP contribution in [0.15, 0.2) is 24.4 Å². The number of ether oxygens (including phenoxy) is 1. The van der Waals surface area contributed by atoms with Crippen LogP contribution in [0, 0.1) is 6.92 Å². The van der Waals surface area contributed by atoms with Crippen molar-refractivity contribution in [1.29, 1.82) is 0 Å². The van der Waals surface area contributed by atoms with Crippen molar-refractivity contribution in [3.05, 3.63) is 52.1 Å². The fourth-order valence-electron chi connectivity index (χ4n) is 3.52. The molecule has 1 aromatic carbocycles. The number of benzene rings is 1. The Morgan fingerprint density at radius 3 is 2.76 bits per heavy atom. The number of nitrogens with one attached hydrogen (secondary N) is 3. The summed E-state index contributed by atoms with van der Waals surface area (Å²) in [4.78, 5) is 58.6. The van der Waals surface area contributed by atoms with E-state index in [0.29, 0.717) is 5.82 Å². The number of imidazole rings is 1. The molecule has 0 aliphatic carbocycles. The molecule has 0 radical (unpaired) electrons. The van der Waals surface area contributed by atoms with Gasteiger partial charge in [-0.25, -0.2) is 4.98 Å². The molecule has 3 rings (SSSR count). The quantitative estimate of drug-likeness (QED) is 0.522. The first-order valence-corrected chi connectivity index (χ1v) is 10.9. The van der Waals surface area contributed by atoms with Gasteiger partial charge < -0.3 is 25.3 Å². The van der Waals surface area contributed by atoms with Crippen molar-refractivity contribution in [1.82, 2.24) is 25.5 Å². The lowest BCUT2D eigenvalue weighted by molar-refractivity contribution is -0.147. The van der Waals surface area contributed by atoms with Crippen molar-refractivity contribution in [2.24, 2.45) is 0 Å². The number of esters is 1. The van der Waals surface area contributed by atoms with Crippen LogP contribution < -0.4 is 10.6 Å². The Bertz CT molecular complexity index is 1070. The van der Waals surface area contributed by atoms with Gasteiger partial charge >= 0.3 is 5.97 Å². The molecule has 1 aliphatic rings. The maximum absolute atomic E-state index is 13.2. The average molecular weight is 476 g/mol. The van der Waals surface area contributed by atoms with Crippen molar-refractivity contribution in [2.45, 2.75) is 39.3 Å². The minimum atomic E-state index is -0.998. The lowest BCUT2D eigenvalue weighted by atomic mass is 10.0. The normalized spacial score (nSPS) is 16.7. The summed E-state index contributed by atoms with van der Waals surface area (Å²) < 4.78 is 4.92. The zero-order chi connectivity index (χ0) is 24.1. The van der Waals surface area contributed by atoms with Gasteiger partial charge in [-0.3, -0.25) is 19.2 Å². The van der Waals surface area contributed by atoms with Crippen LogP contribution in [-0.4, -0.2) is 64.3 Å².